The van der Waals surface area contributed by atoms with E-state index >= 15 is 0 Å². The largest absolute Gasteiger partial charge is 0.507 e. The number of nitrogens with one attached hydrogen (secondary N) is 1. The number of benzene rings is 3. The van der Waals surface area contributed by atoms with E-state index in [9.17, 15) is 5.11 Å². The van der Waals surface area contributed by atoms with Crippen LogP contribution in [0.1, 0.15) is 5.56 Å². The molecule has 0 unspecified atom stereocenters. The molecule has 3 aromatic carbocycles. The van der Waals surface area contributed by atoms with Crippen molar-refractivity contribution in [1.82, 2.24) is 0 Å². The molecule has 0 saturated heterocycles. The van der Waals surface area contributed by atoms with Crippen molar-refractivity contribution in [2.24, 2.45) is 5.10 Å². The average Bonchev–Trinajstić information content (AvgIpc) is 2.50. The lowest BCUT2D eigenvalue weighted by molar-refractivity contribution is 0.475. The maximum absolute atomic E-state index is 10.0. The fraction of sp³-hybridized carbons (Fsp3) is 0. The lowest BCUT2D eigenvalue weighted by Gasteiger charge is -2.05. The highest BCUT2D eigenvalue weighted by molar-refractivity contribution is 6.30. The van der Waals surface area contributed by atoms with E-state index in [2.05, 4.69) is 10.5 Å². The summed E-state index contributed by atoms with van der Waals surface area (Å²) in [6, 6.07) is 18.7. The maximum Gasteiger partial charge on any atom is 0.125 e. The summed E-state index contributed by atoms with van der Waals surface area (Å²) in [5.74, 6) is 0.199. The summed E-state index contributed by atoms with van der Waals surface area (Å²) in [4.78, 5) is 0. The van der Waals surface area contributed by atoms with E-state index in [0.717, 1.165) is 16.5 Å². The Kier molecular flexibility index (Phi) is 3.75. The zero-order chi connectivity index (χ0) is 14.7. The highest BCUT2D eigenvalue weighted by Gasteiger charge is 2.03. The molecular formula is C17H13ClN2O. The number of aromatic hydroxyl groups is 1. The van der Waals surface area contributed by atoms with Crippen molar-refractivity contribution in [3.05, 3.63) is 71.2 Å². The second-order valence-electron chi connectivity index (χ2n) is 4.60. The van der Waals surface area contributed by atoms with Gasteiger partial charge in [-0.2, -0.15) is 5.10 Å². The molecule has 0 amide bonds. The molecule has 0 aliphatic carbocycles. The number of hydrogen-bond donors (Lipinski definition) is 2. The molecule has 0 saturated carbocycles. The Labute approximate surface area is 127 Å². The van der Waals surface area contributed by atoms with Gasteiger partial charge in [-0.25, -0.2) is 0 Å². The molecule has 3 nitrogen and oxygen atoms in total. The predicted molar refractivity (Wildman–Crippen MR) is 88.3 cm³/mol. The van der Waals surface area contributed by atoms with Gasteiger partial charge in [0, 0.05) is 10.6 Å². The third kappa shape index (κ3) is 2.98. The second kappa shape index (κ2) is 5.85. The standard InChI is InChI=1S/C17H13ClN2O/c18-13-5-3-6-14(10-13)20-19-11-16-15-7-2-1-4-12(15)8-9-17(16)21/h1-11,20-21H. The van der Waals surface area contributed by atoms with Gasteiger partial charge < -0.3 is 5.11 Å². The van der Waals surface area contributed by atoms with Crippen molar-refractivity contribution >= 4 is 34.3 Å². The molecule has 3 aromatic rings. The summed E-state index contributed by atoms with van der Waals surface area (Å²) in [5.41, 5.74) is 4.37. The summed E-state index contributed by atoms with van der Waals surface area (Å²) < 4.78 is 0. The third-order valence-electron chi connectivity index (χ3n) is 3.16. The van der Waals surface area contributed by atoms with Crippen LogP contribution in [0.4, 0.5) is 5.69 Å². The van der Waals surface area contributed by atoms with E-state index in [-0.39, 0.29) is 5.75 Å². The van der Waals surface area contributed by atoms with Crippen LogP contribution in [0.15, 0.2) is 65.8 Å². The Balaban J connectivity index is 1.91. The van der Waals surface area contributed by atoms with Gasteiger partial charge in [-0.3, -0.25) is 5.43 Å². The number of hydrazone groups is 1. The fourth-order valence-corrected chi connectivity index (χ4v) is 2.34. The summed E-state index contributed by atoms with van der Waals surface area (Å²) >= 11 is 5.91. The zero-order valence-corrected chi connectivity index (χ0v) is 11.9. The molecule has 0 radical (unpaired) electrons. The number of anilines is 1. The Hall–Kier alpha value is -2.52. The molecule has 0 heterocycles. The molecule has 3 rings (SSSR count). The van der Waals surface area contributed by atoms with Crippen LogP contribution in [0, 0.1) is 0 Å². The van der Waals surface area contributed by atoms with Crippen LogP contribution in [0.2, 0.25) is 5.02 Å². The molecule has 0 fully saturated rings. The van der Waals surface area contributed by atoms with Gasteiger partial charge in [0.15, 0.2) is 0 Å². The molecule has 104 valence electrons. The van der Waals surface area contributed by atoms with Crippen LogP contribution < -0.4 is 5.43 Å². The predicted octanol–water partition coefficient (Wildman–Crippen LogP) is 4.64. The zero-order valence-electron chi connectivity index (χ0n) is 11.1. The third-order valence-corrected chi connectivity index (χ3v) is 3.39. The van der Waals surface area contributed by atoms with Gasteiger partial charge >= 0.3 is 0 Å². The molecule has 0 atom stereocenters. The van der Waals surface area contributed by atoms with E-state index in [0.29, 0.717) is 10.6 Å². The van der Waals surface area contributed by atoms with Crippen LogP contribution in [0.5, 0.6) is 5.75 Å². The molecule has 4 heteroatoms. The van der Waals surface area contributed by atoms with E-state index in [1.54, 1.807) is 24.4 Å². The first kappa shape index (κ1) is 13.5. The SMILES string of the molecule is Oc1ccc2ccccc2c1C=NNc1cccc(Cl)c1. The van der Waals surface area contributed by atoms with Crippen molar-refractivity contribution in [2.75, 3.05) is 5.43 Å². The van der Waals surface area contributed by atoms with Crippen molar-refractivity contribution in [3.8, 4) is 5.75 Å². The normalized spacial score (nSPS) is 11.1. The minimum atomic E-state index is 0.199. The van der Waals surface area contributed by atoms with Crippen LogP contribution in [-0.2, 0) is 0 Å². The quantitative estimate of drug-likeness (QED) is 0.546. The van der Waals surface area contributed by atoms with Crippen molar-refractivity contribution in [2.45, 2.75) is 0 Å². The monoisotopic (exact) mass is 296 g/mol. The van der Waals surface area contributed by atoms with Crippen LogP contribution >= 0.6 is 11.6 Å². The molecule has 0 aliphatic rings. The minimum Gasteiger partial charge on any atom is -0.507 e. The van der Waals surface area contributed by atoms with E-state index in [1.807, 2.05) is 42.5 Å². The molecule has 21 heavy (non-hydrogen) atoms. The topological polar surface area (TPSA) is 44.6 Å². The summed E-state index contributed by atoms with van der Waals surface area (Å²) in [5, 5.41) is 16.8. The molecule has 0 bridgehead atoms. The molecule has 0 spiro atoms. The van der Waals surface area contributed by atoms with E-state index in [1.165, 1.54) is 0 Å². The highest BCUT2D eigenvalue weighted by atomic mass is 35.5. The van der Waals surface area contributed by atoms with Gasteiger partial charge in [0.1, 0.15) is 5.75 Å². The molecule has 2 N–H and O–H groups in total. The fourth-order valence-electron chi connectivity index (χ4n) is 2.15. The van der Waals surface area contributed by atoms with Crippen molar-refractivity contribution in [1.29, 1.82) is 0 Å². The van der Waals surface area contributed by atoms with Gasteiger partial charge in [-0.05, 0) is 35.0 Å². The lowest BCUT2D eigenvalue weighted by Crippen LogP contribution is -1.92. The number of fused-ring (bicyclic) bond motifs is 1. The summed E-state index contributed by atoms with van der Waals surface area (Å²) in [6.45, 7) is 0. The second-order valence-corrected chi connectivity index (χ2v) is 5.04. The maximum atomic E-state index is 10.0. The van der Waals surface area contributed by atoms with Crippen LogP contribution in [0.3, 0.4) is 0 Å². The van der Waals surface area contributed by atoms with Gasteiger partial charge in [0.2, 0.25) is 0 Å². The van der Waals surface area contributed by atoms with Gasteiger partial charge in [0.25, 0.3) is 0 Å². The summed E-state index contributed by atoms with van der Waals surface area (Å²) in [7, 11) is 0. The number of phenolic OH excluding ortho intramolecular Hbond substituents is 1. The number of rotatable bonds is 3. The number of halogens is 1. The minimum absolute atomic E-state index is 0.199. The Morgan fingerprint density at radius 2 is 1.86 bits per heavy atom. The number of nitrogens with zero attached hydrogens (tertiary/aromatic N) is 1. The van der Waals surface area contributed by atoms with E-state index < -0.39 is 0 Å². The van der Waals surface area contributed by atoms with Gasteiger partial charge in [-0.15, -0.1) is 0 Å². The summed E-state index contributed by atoms with van der Waals surface area (Å²) in [6.07, 6.45) is 1.61. The smallest absolute Gasteiger partial charge is 0.125 e. The highest BCUT2D eigenvalue weighted by Crippen LogP contribution is 2.25. The van der Waals surface area contributed by atoms with Crippen LogP contribution in [0.25, 0.3) is 10.8 Å². The van der Waals surface area contributed by atoms with Crippen LogP contribution in [-0.4, -0.2) is 11.3 Å². The van der Waals surface area contributed by atoms with Crippen molar-refractivity contribution < 1.29 is 5.11 Å². The first-order chi connectivity index (χ1) is 10.2. The number of hydrogen-bond acceptors (Lipinski definition) is 3. The van der Waals surface area contributed by atoms with Gasteiger partial charge in [-0.1, -0.05) is 48.0 Å². The lowest BCUT2D eigenvalue weighted by atomic mass is 10.0. The molecule has 0 aromatic heterocycles. The Morgan fingerprint density at radius 3 is 2.71 bits per heavy atom. The van der Waals surface area contributed by atoms with E-state index in [4.69, 9.17) is 11.6 Å². The average molecular weight is 297 g/mol. The Morgan fingerprint density at radius 1 is 1.00 bits per heavy atom. The first-order valence-corrected chi connectivity index (χ1v) is 6.87. The molecular weight excluding hydrogens is 284 g/mol. The Bertz CT molecular complexity index is 815. The van der Waals surface area contributed by atoms with Crippen molar-refractivity contribution in [3.63, 3.8) is 0 Å². The first-order valence-electron chi connectivity index (χ1n) is 6.49. The number of phenols is 1. The molecule has 0 aliphatic heterocycles. The van der Waals surface area contributed by atoms with Gasteiger partial charge in [0.05, 0.1) is 11.9 Å².